The van der Waals surface area contributed by atoms with E-state index in [1.54, 1.807) is 0 Å². The highest BCUT2D eigenvalue weighted by molar-refractivity contribution is 8.09. The molecule has 1 aromatic heterocycles. The van der Waals surface area contributed by atoms with Crippen molar-refractivity contribution in [3.63, 3.8) is 0 Å². The van der Waals surface area contributed by atoms with Gasteiger partial charge in [-0.2, -0.15) is 8.42 Å². The summed E-state index contributed by atoms with van der Waals surface area (Å²) in [5, 5.41) is 0.311. The SMILES string of the molecule is O=S(=O)(Cl)OCc1cc(Cl)nc(Cl)c1. The van der Waals surface area contributed by atoms with Crippen molar-refractivity contribution in [2.45, 2.75) is 6.61 Å². The molecule has 0 spiro atoms. The minimum Gasteiger partial charge on any atom is -0.253 e. The van der Waals surface area contributed by atoms with E-state index < -0.39 is 9.33 Å². The first kappa shape index (κ1) is 12.0. The third-order valence-corrected chi connectivity index (χ3v) is 2.24. The lowest BCUT2D eigenvalue weighted by molar-refractivity contribution is 0.318. The van der Waals surface area contributed by atoms with E-state index in [1.165, 1.54) is 12.1 Å². The fourth-order valence-corrected chi connectivity index (χ4v) is 1.65. The summed E-state index contributed by atoms with van der Waals surface area (Å²) in [6, 6.07) is 2.85. The molecule has 4 nitrogen and oxygen atoms in total. The summed E-state index contributed by atoms with van der Waals surface area (Å²) in [5.41, 5.74) is 0.472. The Morgan fingerprint density at radius 2 is 1.79 bits per heavy atom. The van der Waals surface area contributed by atoms with Crippen LogP contribution in [-0.2, 0) is 20.1 Å². The number of pyridine rings is 1. The largest absolute Gasteiger partial charge is 0.355 e. The van der Waals surface area contributed by atoms with E-state index in [4.69, 9.17) is 33.9 Å². The summed E-state index contributed by atoms with van der Waals surface area (Å²) in [6.45, 7) is -0.228. The molecular weight excluding hydrogens is 272 g/mol. The van der Waals surface area contributed by atoms with Crippen molar-refractivity contribution in [3.8, 4) is 0 Å². The van der Waals surface area contributed by atoms with Crippen molar-refractivity contribution in [2.24, 2.45) is 0 Å². The molecule has 0 aromatic carbocycles. The van der Waals surface area contributed by atoms with Crippen molar-refractivity contribution in [3.05, 3.63) is 28.0 Å². The van der Waals surface area contributed by atoms with Gasteiger partial charge in [-0.1, -0.05) is 23.2 Å². The van der Waals surface area contributed by atoms with Gasteiger partial charge in [0.25, 0.3) is 0 Å². The Kier molecular flexibility index (Phi) is 3.97. The summed E-state index contributed by atoms with van der Waals surface area (Å²) >= 11 is 11.1. The van der Waals surface area contributed by atoms with E-state index in [2.05, 4.69) is 9.17 Å². The van der Waals surface area contributed by atoms with Gasteiger partial charge in [-0.3, -0.25) is 4.18 Å². The third-order valence-electron chi connectivity index (χ3n) is 1.19. The Bertz CT molecular complexity index is 414. The normalized spacial score (nSPS) is 11.6. The van der Waals surface area contributed by atoms with E-state index in [1.807, 2.05) is 0 Å². The van der Waals surface area contributed by atoms with Crippen LogP contribution in [0.15, 0.2) is 12.1 Å². The molecule has 0 fully saturated rings. The quantitative estimate of drug-likeness (QED) is 0.628. The van der Waals surface area contributed by atoms with Crippen LogP contribution in [0, 0.1) is 0 Å². The van der Waals surface area contributed by atoms with Gasteiger partial charge in [0, 0.05) is 10.7 Å². The first-order valence-electron chi connectivity index (χ1n) is 3.28. The number of aromatic nitrogens is 1. The molecule has 0 unspecified atom stereocenters. The van der Waals surface area contributed by atoms with Gasteiger partial charge in [-0.15, -0.1) is 0 Å². The van der Waals surface area contributed by atoms with Gasteiger partial charge in [0.1, 0.15) is 10.3 Å². The Labute approximate surface area is 95.4 Å². The van der Waals surface area contributed by atoms with E-state index >= 15 is 0 Å². The summed E-state index contributed by atoms with van der Waals surface area (Å²) < 4.78 is 25.2. The molecule has 0 saturated carbocycles. The molecule has 0 aliphatic rings. The third kappa shape index (κ3) is 4.43. The summed E-state index contributed by atoms with van der Waals surface area (Å²) in [4.78, 5) is 3.67. The van der Waals surface area contributed by atoms with E-state index in [9.17, 15) is 8.42 Å². The van der Waals surface area contributed by atoms with Crippen molar-refractivity contribution in [1.29, 1.82) is 0 Å². The van der Waals surface area contributed by atoms with Gasteiger partial charge < -0.3 is 0 Å². The zero-order valence-corrected chi connectivity index (χ0v) is 9.66. The molecule has 0 bridgehead atoms. The van der Waals surface area contributed by atoms with Crippen molar-refractivity contribution < 1.29 is 12.6 Å². The Balaban J connectivity index is 2.78. The first-order chi connectivity index (χ1) is 6.37. The molecule has 1 heterocycles. The number of halogens is 3. The highest BCUT2D eigenvalue weighted by atomic mass is 35.7. The molecule has 14 heavy (non-hydrogen) atoms. The number of hydrogen-bond acceptors (Lipinski definition) is 4. The average molecular weight is 277 g/mol. The van der Waals surface area contributed by atoms with E-state index in [0.717, 1.165) is 0 Å². The lowest BCUT2D eigenvalue weighted by Gasteiger charge is -2.01. The Morgan fingerprint density at radius 3 is 2.21 bits per heavy atom. The fraction of sp³-hybridized carbons (Fsp3) is 0.167. The highest BCUT2D eigenvalue weighted by Crippen LogP contribution is 2.16. The van der Waals surface area contributed by atoms with E-state index in [-0.39, 0.29) is 16.9 Å². The zero-order valence-electron chi connectivity index (χ0n) is 6.58. The Hall–Kier alpha value is -0.0700. The molecule has 0 radical (unpaired) electrons. The number of rotatable bonds is 3. The molecule has 8 heteroatoms. The van der Waals surface area contributed by atoms with Crippen LogP contribution in [-0.4, -0.2) is 13.4 Å². The van der Waals surface area contributed by atoms with Crippen LogP contribution in [0.3, 0.4) is 0 Å². The second-order valence-electron chi connectivity index (χ2n) is 2.28. The molecule has 1 aromatic rings. The fourth-order valence-electron chi connectivity index (χ4n) is 0.736. The summed E-state index contributed by atoms with van der Waals surface area (Å²) in [5.74, 6) is 0. The van der Waals surface area contributed by atoms with Crippen molar-refractivity contribution in [2.75, 3.05) is 0 Å². The molecule has 0 saturated heterocycles. The van der Waals surface area contributed by atoms with Gasteiger partial charge in [0.2, 0.25) is 0 Å². The molecule has 0 aliphatic carbocycles. The molecule has 1 rings (SSSR count). The maximum Gasteiger partial charge on any atom is 0.355 e. The van der Waals surface area contributed by atoms with Gasteiger partial charge >= 0.3 is 9.33 Å². The minimum atomic E-state index is -3.98. The number of hydrogen-bond donors (Lipinski definition) is 0. The van der Waals surface area contributed by atoms with Gasteiger partial charge in [-0.05, 0) is 17.7 Å². The van der Waals surface area contributed by atoms with Crippen molar-refractivity contribution in [1.82, 2.24) is 4.98 Å². The Morgan fingerprint density at radius 1 is 1.29 bits per heavy atom. The molecular formula is C6H4Cl3NO3S. The zero-order chi connectivity index (χ0) is 10.8. The van der Waals surface area contributed by atoms with Gasteiger partial charge in [0.05, 0.1) is 6.61 Å². The maximum absolute atomic E-state index is 10.4. The molecule has 78 valence electrons. The predicted octanol–water partition coefficient (Wildman–Crippen LogP) is 2.39. The van der Waals surface area contributed by atoms with Crippen LogP contribution in [0.5, 0.6) is 0 Å². The summed E-state index contributed by atoms with van der Waals surface area (Å²) in [7, 11) is 0.849. The van der Waals surface area contributed by atoms with Crippen LogP contribution in [0.4, 0.5) is 0 Å². The molecule has 0 aliphatic heterocycles. The summed E-state index contributed by atoms with van der Waals surface area (Å²) in [6.07, 6.45) is 0. The van der Waals surface area contributed by atoms with Crippen LogP contribution < -0.4 is 0 Å². The van der Waals surface area contributed by atoms with Crippen LogP contribution in [0.25, 0.3) is 0 Å². The second-order valence-corrected chi connectivity index (χ2v) is 5.21. The lowest BCUT2D eigenvalue weighted by atomic mass is 10.3. The average Bonchev–Trinajstić information content (AvgIpc) is 1.97. The van der Waals surface area contributed by atoms with E-state index in [0.29, 0.717) is 5.56 Å². The van der Waals surface area contributed by atoms with Crippen LogP contribution >= 0.6 is 33.9 Å². The van der Waals surface area contributed by atoms with Crippen LogP contribution in [0.1, 0.15) is 5.56 Å². The number of nitrogens with zero attached hydrogens (tertiary/aromatic N) is 1. The smallest absolute Gasteiger partial charge is 0.253 e. The van der Waals surface area contributed by atoms with Crippen LogP contribution in [0.2, 0.25) is 10.3 Å². The molecule has 0 N–H and O–H groups in total. The topological polar surface area (TPSA) is 56.3 Å². The first-order valence-corrected chi connectivity index (χ1v) is 6.27. The molecule has 0 atom stereocenters. The van der Waals surface area contributed by atoms with Gasteiger partial charge in [-0.25, -0.2) is 4.98 Å². The van der Waals surface area contributed by atoms with Gasteiger partial charge in [0.15, 0.2) is 0 Å². The monoisotopic (exact) mass is 275 g/mol. The standard InChI is InChI=1S/C6H4Cl3NO3S/c7-5-1-4(2-6(8)10-5)3-13-14(9,11)12/h1-2H,3H2. The predicted molar refractivity (Wildman–Crippen MR) is 53.8 cm³/mol. The molecule has 0 amide bonds. The maximum atomic E-state index is 10.4. The minimum absolute atomic E-state index is 0.156. The lowest BCUT2D eigenvalue weighted by Crippen LogP contribution is -1.98. The second kappa shape index (κ2) is 4.63. The van der Waals surface area contributed by atoms with Crippen molar-refractivity contribution >= 4 is 43.2 Å². The highest BCUT2D eigenvalue weighted by Gasteiger charge is 2.06.